The molecule has 1 aromatic heterocycles. The second kappa shape index (κ2) is 6.18. The van der Waals surface area contributed by atoms with Gasteiger partial charge in [-0.2, -0.15) is 5.10 Å². The molecule has 0 aliphatic carbocycles. The predicted octanol–water partition coefficient (Wildman–Crippen LogP) is 1.03. The van der Waals surface area contributed by atoms with Crippen LogP contribution in [0.4, 0.5) is 0 Å². The van der Waals surface area contributed by atoms with Crippen LogP contribution in [0.1, 0.15) is 33.1 Å². The van der Waals surface area contributed by atoms with E-state index in [4.69, 9.17) is 5.11 Å². The molecular weight excluding hydrogens is 234 g/mol. The Kier molecular flexibility index (Phi) is 4.88. The standard InChI is InChI=1S/C12H19N3O3/c1-3-6-12(2,11(17)18)14-10(16)5-9-15-8-4-7-13-15/h4,7-8H,3,5-6,9H2,1-2H3,(H,14,16)(H,17,18). The van der Waals surface area contributed by atoms with Crippen LogP contribution in [0.2, 0.25) is 0 Å². The molecule has 1 amide bonds. The van der Waals surface area contributed by atoms with Gasteiger partial charge in [-0.15, -0.1) is 0 Å². The van der Waals surface area contributed by atoms with Crippen LogP contribution in [0.5, 0.6) is 0 Å². The summed E-state index contributed by atoms with van der Waals surface area (Å²) >= 11 is 0. The van der Waals surface area contributed by atoms with Crippen molar-refractivity contribution in [1.82, 2.24) is 15.1 Å². The van der Waals surface area contributed by atoms with Gasteiger partial charge in [-0.1, -0.05) is 13.3 Å². The van der Waals surface area contributed by atoms with Crippen LogP contribution < -0.4 is 5.32 Å². The summed E-state index contributed by atoms with van der Waals surface area (Å²) in [5.41, 5.74) is -1.18. The van der Waals surface area contributed by atoms with Crippen LogP contribution in [0, 0.1) is 0 Å². The van der Waals surface area contributed by atoms with Crippen molar-refractivity contribution in [2.24, 2.45) is 0 Å². The number of hydrogen-bond donors (Lipinski definition) is 2. The molecule has 6 nitrogen and oxygen atoms in total. The van der Waals surface area contributed by atoms with E-state index in [0.717, 1.165) is 0 Å². The number of hydrogen-bond acceptors (Lipinski definition) is 3. The van der Waals surface area contributed by atoms with E-state index >= 15 is 0 Å². The van der Waals surface area contributed by atoms with Gasteiger partial charge in [-0.05, 0) is 19.4 Å². The second-order valence-electron chi connectivity index (χ2n) is 4.45. The number of nitrogens with one attached hydrogen (secondary N) is 1. The lowest BCUT2D eigenvalue weighted by Crippen LogP contribution is -2.52. The van der Waals surface area contributed by atoms with Crippen LogP contribution in [0.15, 0.2) is 18.5 Å². The van der Waals surface area contributed by atoms with Gasteiger partial charge in [0.05, 0.1) is 0 Å². The fourth-order valence-electron chi connectivity index (χ4n) is 1.74. The molecule has 0 spiro atoms. The maximum absolute atomic E-state index is 11.7. The van der Waals surface area contributed by atoms with E-state index in [-0.39, 0.29) is 12.3 Å². The normalized spacial score (nSPS) is 13.9. The molecule has 0 aromatic carbocycles. The highest BCUT2D eigenvalue weighted by molar-refractivity contribution is 5.86. The molecule has 0 radical (unpaired) electrons. The van der Waals surface area contributed by atoms with Gasteiger partial charge in [0.2, 0.25) is 5.91 Å². The van der Waals surface area contributed by atoms with Gasteiger partial charge >= 0.3 is 5.97 Å². The van der Waals surface area contributed by atoms with Crippen molar-refractivity contribution in [1.29, 1.82) is 0 Å². The average molecular weight is 253 g/mol. The monoisotopic (exact) mass is 253 g/mol. The first-order valence-corrected chi connectivity index (χ1v) is 6.00. The van der Waals surface area contributed by atoms with Crippen LogP contribution >= 0.6 is 0 Å². The molecule has 0 aliphatic rings. The highest BCUT2D eigenvalue weighted by Crippen LogP contribution is 2.12. The number of nitrogens with zero attached hydrogens (tertiary/aromatic N) is 2. The first-order chi connectivity index (χ1) is 8.48. The molecule has 2 N–H and O–H groups in total. The Bertz CT molecular complexity index is 403. The zero-order valence-electron chi connectivity index (χ0n) is 10.7. The Balaban J connectivity index is 2.49. The molecule has 1 unspecified atom stereocenters. The fraction of sp³-hybridized carbons (Fsp3) is 0.583. The second-order valence-corrected chi connectivity index (χ2v) is 4.45. The van der Waals surface area contributed by atoms with Gasteiger partial charge in [-0.3, -0.25) is 9.48 Å². The number of aryl methyl sites for hydroxylation is 1. The van der Waals surface area contributed by atoms with Gasteiger partial charge in [0.1, 0.15) is 5.54 Å². The molecule has 6 heteroatoms. The Hall–Kier alpha value is -1.85. The van der Waals surface area contributed by atoms with Gasteiger partial charge in [0.15, 0.2) is 0 Å². The molecule has 0 saturated heterocycles. The largest absolute Gasteiger partial charge is 0.480 e. The number of carbonyl (C=O) groups excluding carboxylic acids is 1. The summed E-state index contributed by atoms with van der Waals surface area (Å²) in [4.78, 5) is 22.9. The maximum atomic E-state index is 11.7. The fourth-order valence-corrected chi connectivity index (χ4v) is 1.74. The van der Waals surface area contributed by atoms with Crippen molar-refractivity contribution in [3.63, 3.8) is 0 Å². The lowest BCUT2D eigenvalue weighted by molar-refractivity contribution is -0.147. The third-order valence-electron chi connectivity index (χ3n) is 2.76. The van der Waals surface area contributed by atoms with Crippen molar-refractivity contribution in [3.8, 4) is 0 Å². The minimum Gasteiger partial charge on any atom is -0.480 e. The highest BCUT2D eigenvalue weighted by atomic mass is 16.4. The quantitative estimate of drug-likeness (QED) is 0.760. The molecule has 1 rings (SSSR count). The average Bonchev–Trinajstić information content (AvgIpc) is 2.79. The van der Waals surface area contributed by atoms with E-state index in [2.05, 4.69) is 10.4 Å². The van der Waals surface area contributed by atoms with Crippen molar-refractivity contribution >= 4 is 11.9 Å². The Morgan fingerprint density at radius 2 is 2.22 bits per heavy atom. The van der Waals surface area contributed by atoms with Crippen molar-refractivity contribution in [2.75, 3.05) is 0 Å². The first-order valence-electron chi connectivity index (χ1n) is 6.00. The third-order valence-corrected chi connectivity index (χ3v) is 2.76. The lowest BCUT2D eigenvalue weighted by atomic mass is 9.96. The number of carbonyl (C=O) groups is 2. The molecule has 100 valence electrons. The molecule has 0 aliphatic heterocycles. The zero-order chi connectivity index (χ0) is 13.6. The molecule has 0 bridgehead atoms. The summed E-state index contributed by atoms with van der Waals surface area (Å²) in [5.74, 6) is -1.28. The summed E-state index contributed by atoms with van der Waals surface area (Å²) in [7, 11) is 0. The Morgan fingerprint density at radius 3 is 2.72 bits per heavy atom. The number of carboxylic acids is 1. The first kappa shape index (κ1) is 14.2. The van der Waals surface area contributed by atoms with Crippen LogP contribution in [-0.4, -0.2) is 32.3 Å². The SMILES string of the molecule is CCCC(C)(NC(=O)CCn1cccn1)C(=O)O. The van der Waals surface area contributed by atoms with E-state index in [1.807, 2.05) is 6.92 Å². The lowest BCUT2D eigenvalue weighted by Gasteiger charge is -2.25. The number of rotatable bonds is 7. The summed E-state index contributed by atoms with van der Waals surface area (Å²) < 4.78 is 1.64. The summed E-state index contributed by atoms with van der Waals surface area (Å²) in [6.45, 7) is 3.86. The molecule has 1 aromatic rings. The van der Waals surface area contributed by atoms with Gasteiger partial charge in [0, 0.05) is 25.4 Å². The van der Waals surface area contributed by atoms with E-state index in [1.54, 1.807) is 23.1 Å². The molecule has 1 atom stereocenters. The van der Waals surface area contributed by atoms with Gasteiger partial charge < -0.3 is 10.4 Å². The Morgan fingerprint density at radius 1 is 1.50 bits per heavy atom. The van der Waals surface area contributed by atoms with Crippen LogP contribution in [-0.2, 0) is 16.1 Å². The molecule has 0 fully saturated rings. The highest BCUT2D eigenvalue weighted by Gasteiger charge is 2.33. The summed E-state index contributed by atoms with van der Waals surface area (Å²) in [5, 5.41) is 15.7. The van der Waals surface area contributed by atoms with E-state index in [9.17, 15) is 9.59 Å². The van der Waals surface area contributed by atoms with Gasteiger partial charge in [-0.25, -0.2) is 4.79 Å². The molecule has 18 heavy (non-hydrogen) atoms. The summed E-state index contributed by atoms with van der Waals surface area (Å²) in [6.07, 6.45) is 4.72. The van der Waals surface area contributed by atoms with Gasteiger partial charge in [0.25, 0.3) is 0 Å². The zero-order valence-corrected chi connectivity index (χ0v) is 10.7. The van der Waals surface area contributed by atoms with Crippen molar-refractivity contribution in [2.45, 2.75) is 45.2 Å². The Labute approximate surface area is 106 Å². The minimum absolute atomic E-state index is 0.217. The number of aromatic nitrogens is 2. The van der Waals surface area contributed by atoms with E-state index in [1.165, 1.54) is 6.92 Å². The topological polar surface area (TPSA) is 84.2 Å². The van der Waals surface area contributed by atoms with E-state index in [0.29, 0.717) is 19.4 Å². The van der Waals surface area contributed by atoms with Crippen LogP contribution in [0.25, 0.3) is 0 Å². The smallest absolute Gasteiger partial charge is 0.329 e. The third kappa shape index (κ3) is 3.87. The minimum atomic E-state index is -1.18. The summed E-state index contributed by atoms with van der Waals surface area (Å²) in [6, 6.07) is 1.77. The van der Waals surface area contributed by atoms with Crippen LogP contribution in [0.3, 0.4) is 0 Å². The van der Waals surface area contributed by atoms with E-state index < -0.39 is 11.5 Å². The molecular formula is C12H19N3O3. The molecule has 1 heterocycles. The van der Waals surface area contributed by atoms with Crippen molar-refractivity contribution in [3.05, 3.63) is 18.5 Å². The van der Waals surface area contributed by atoms with Crippen molar-refractivity contribution < 1.29 is 14.7 Å². The maximum Gasteiger partial charge on any atom is 0.329 e. The number of aliphatic carboxylic acids is 1. The predicted molar refractivity (Wildman–Crippen MR) is 65.9 cm³/mol. The molecule has 0 saturated carbocycles. The number of carboxylic acid groups (broad SMARTS) is 1. The number of amides is 1.